The lowest BCUT2D eigenvalue weighted by Crippen LogP contribution is -2.30. The first kappa shape index (κ1) is 17.4. The zero-order valence-electron chi connectivity index (χ0n) is 14.5. The maximum Gasteiger partial charge on any atom is 0.185 e. The molecule has 0 N–H and O–H groups in total. The first-order valence-electron chi connectivity index (χ1n) is 8.52. The third kappa shape index (κ3) is 3.79. The second kappa shape index (κ2) is 7.20. The standard InChI is InChI=1S/C21H24OS2/c1-4-21(2,3)17-11-15(13-18-7-5-9-23-18)20(22)16(12-17)14-19-8-6-10-24-19/h5-10,13-14,17H,4,11-12H2,1-3H3/b15-13-,16-14+. The van der Waals surface area contributed by atoms with Gasteiger partial charge < -0.3 is 0 Å². The lowest BCUT2D eigenvalue weighted by molar-refractivity contribution is -0.113. The maximum atomic E-state index is 13.0. The Hall–Kier alpha value is -1.45. The predicted octanol–water partition coefficient (Wildman–Crippen LogP) is 6.69. The Bertz CT molecular complexity index is 690. The molecule has 1 aliphatic rings. The molecular weight excluding hydrogens is 332 g/mol. The van der Waals surface area contributed by atoms with E-state index >= 15 is 0 Å². The highest BCUT2D eigenvalue weighted by Crippen LogP contribution is 2.44. The van der Waals surface area contributed by atoms with Crippen molar-refractivity contribution in [3.63, 3.8) is 0 Å². The van der Waals surface area contributed by atoms with Crippen molar-refractivity contribution < 1.29 is 4.79 Å². The Morgan fingerprint density at radius 3 is 1.92 bits per heavy atom. The fraction of sp³-hybridized carbons (Fsp3) is 0.381. The number of thiophene rings is 2. The summed E-state index contributed by atoms with van der Waals surface area (Å²) in [6, 6.07) is 8.25. The smallest absolute Gasteiger partial charge is 0.185 e. The van der Waals surface area contributed by atoms with Gasteiger partial charge in [-0.05, 0) is 59.2 Å². The summed E-state index contributed by atoms with van der Waals surface area (Å²) in [7, 11) is 0. The van der Waals surface area contributed by atoms with Gasteiger partial charge in [0, 0.05) is 20.9 Å². The van der Waals surface area contributed by atoms with E-state index in [2.05, 4.69) is 55.8 Å². The summed E-state index contributed by atoms with van der Waals surface area (Å²) in [4.78, 5) is 15.4. The van der Waals surface area contributed by atoms with Gasteiger partial charge in [-0.2, -0.15) is 0 Å². The predicted molar refractivity (Wildman–Crippen MR) is 106 cm³/mol. The zero-order valence-corrected chi connectivity index (χ0v) is 16.2. The number of rotatable bonds is 4. The van der Waals surface area contributed by atoms with Gasteiger partial charge in [0.05, 0.1) is 0 Å². The van der Waals surface area contributed by atoms with Gasteiger partial charge in [0.1, 0.15) is 0 Å². The van der Waals surface area contributed by atoms with Crippen molar-refractivity contribution in [1.29, 1.82) is 0 Å². The highest BCUT2D eigenvalue weighted by Gasteiger charge is 2.36. The normalized spacial score (nSPS) is 22.5. The van der Waals surface area contributed by atoms with Crippen LogP contribution in [0.2, 0.25) is 0 Å². The highest BCUT2D eigenvalue weighted by atomic mass is 32.1. The molecule has 1 unspecified atom stereocenters. The van der Waals surface area contributed by atoms with Crippen LogP contribution < -0.4 is 0 Å². The van der Waals surface area contributed by atoms with Gasteiger partial charge in [0.15, 0.2) is 5.78 Å². The molecule has 3 heteroatoms. The van der Waals surface area contributed by atoms with Crippen molar-refractivity contribution in [2.45, 2.75) is 40.0 Å². The molecule has 0 saturated heterocycles. The molecule has 2 aromatic rings. The van der Waals surface area contributed by atoms with Crippen molar-refractivity contribution in [3.05, 3.63) is 55.9 Å². The number of allylic oxidation sites excluding steroid dienone is 2. The average molecular weight is 357 g/mol. The molecule has 1 nitrogen and oxygen atoms in total. The van der Waals surface area contributed by atoms with E-state index < -0.39 is 0 Å². The van der Waals surface area contributed by atoms with Crippen molar-refractivity contribution in [2.75, 3.05) is 0 Å². The molecule has 1 atom stereocenters. The summed E-state index contributed by atoms with van der Waals surface area (Å²) < 4.78 is 0. The third-order valence-electron chi connectivity index (χ3n) is 5.25. The highest BCUT2D eigenvalue weighted by molar-refractivity contribution is 7.11. The summed E-state index contributed by atoms with van der Waals surface area (Å²) in [6.07, 6.45) is 7.11. The quantitative estimate of drug-likeness (QED) is 0.558. The Labute approximate surface area is 152 Å². The molecule has 1 fully saturated rings. The molecule has 2 aromatic heterocycles. The van der Waals surface area contributed by atoms with Crippen molar-refractivity contribution >= 4 is 40.6 Å². The molecule has 126 valence electrons. The fourth-order valence-corrected chi connectivity index (χ4v) is 4.54. The first-order valence-corrected chi connectivity index (χ1v) is 10.3. The van der Waals surface area contributed by atoms with Gasteiger partial charge in [0.25, 0.3) is 0 Å². The van der Waals surface area contributed by atoms with Gasteiger partial charge in [-0.15, -0.1) is 22.7 Å². The summed E-state index contributed by atoms with van der Waals surface area (Å²) >= 11 is 3.39. The molecule has 3 rings (SSSR count). The minimum atomic E-state index is 0.236. The van der Waals surface area contributed by atoms with Crippen LogP contribution in [-0.2, 0) is 4.79 Å². The maximum absolute atomic E-state index is 13.0. The molecule has 0 bridgehead atoms. The van der Waals surface area contributed by atoms with E-state index in [-0.39, 0.29) is 11.2 Å². The van der Waals surface area contributed by atoms with Crippen LogP contribution in [0.4, 0.5) is 0 Å². The minimum absolute atomic E-state index is 0.236. The molecule has 24 heavy (non-hydrogen) atoms. The van der Waals surface area contributed by atoms with Crippen LogP contribution in [-0.4, -0.2) is 5.78 Å². The van der Waals surface area contributed by atoms with Crippen LogP contribution in [0, 0.1) is 11.3 Å². The van der Waals surface area contributed by atoms with E-state index in [0.29, 0.717) is 5.92 Å². The molecule has 0 radical (unpaired) electrons. The molecule has 1 saturated carbocycles. The Morgan fingerprint density at radius 2 is 1.54 bits per heavy atom. The largest absolute Gasteiger partial charge is 0.289 e. The fourth-order valence-electron chi connectivity index (χ4n) is 3.18. The molecule has 0 aromatic carbocycles. The van der Waals surface area contributed by atoms with Crippen molar-refractivity contribution in [2.24, 2.45) is 11.3 Å². The topological polar surface area (TPSA) is 17.1 Å². The van der Waals surface area contributed by atoms with Gasteiger partial charge in [0.2, 0.25) is 0 Å². The number of hydrogen-bond donors (Lipinski definition) is 0. The Kier molecular flexibility index (Phi) is 5.21. The number of carbonyl (C=O) groups is 1. The summed E-state index contributed by atoms with van der Waals surface area (Å²) in [5, 5.41) is 4.13. The van der Waals surface area contributed by atoms with Gasteiger partial charge >= 0.3 is 0 Å². The molecule has 0 spiro atoms. The number of Topliss-reactive ketones (excluding diaryl/α,β-unsaturated/α-hetero) is 1. The third-order valence-corrected chi connectivity index (χ3v) is 6.89. The van der Waals surface area contributed by atoms with Crippen LogP contribution in [0.5, 0.6) is 0 Å². The monoisotopic (exact) mass is 356 g/mol. The van der Waals surface area contributed by atoms with Crippen LogP contribution in [0.25, 0.3) is 12.2 Å². The van der Waals surface area contributed by atoms with Crippen LogP contribution in [0.15, 0.2) is 46.2 Å². The van der Waals surface area contributed by atoms with Gasteiger partial charge in [-0.3, -0.25) is 4.79 Å². The first-order chi connectivity index (χ1) is 11.5. The van der Waals surface area contributed by atoms with Gasteiger partial charge in [-0.1, -0.05) is 39.3 Å². The number of carbonyl (C=O) groups excluding carboxylic acids is 1. The van der Waals surface area contributed by atoms with E-state index in [9.17, 15) is 4.79 Å². The van der Waals surface area contributed by atoms with Crippen LogP contribution in [0.1, 0.15) is 49.8 Å². The average Bonchev–Trinajstić information content (AvgIpc) is 3.24. The zero-order chi connectivity index (χ0) is 17.2. The Balaban J connectivity index is 1.98. The summed E-state index contributed by atoms with van der Waals surface area (Å²) in [6.45, 7) is 6.92. The van der Waals surface area contributed by atoms with Gasteiger partial charge in [-0.25, -0.2) is 0 Å². The van der Waals surface area contributed by atoms with Crippen LogP contribution in [0.3, 0.4) is 0 Å². The number of hydrogen-bond acceptors (Lipinski definition) is 3. The van der Waals surface area contributed by atoms with E-state index in [1.807, 2.05) is 12.1 Å². The minimum Gasteiger partial charge on any atom is -0.289 e. The molecule has 0 aliphatic heterocycles. The second-order valence-corrected chi connectivity index (χ2v) is 9.10. The molecule has 1 aliphatic carbocycles. The van der Waals surface area contributed by atoms with E-state index in [1.165, 1.54) is 9.75 Å². The molecule has 0 amide bonds. The lowest BCUT2D eigenvalue weighted by Gasteiger charge is -2.37. The number of ketones is 1. The lowest BCUT2D eigenvalue weighted by atomic mass is 9.66. The molecular formula is C21H24OS2. The Morgan fingerprint density at radius 1 is 1.04 bits per heavy atom. The van der Waals surface area contributed by atoms with E-state index in [0.717, 1.165) is 30.4 Å². The molecule has 2 heterocycles. The SMILES string of the molecule is CCC(C)(C)C1C/C(=C/c2cccs2)C(=O)/C(=C/c2cccs2)C1. The van der Waals surface area contributed by atoms with E-state index in [4.69, 9.17) is 0 Å². The summed E-state index contributed by atoms with van der Waals surface area (Å²) in [5.74, 6) is 0.748. The van der Waals surface area contributed by atoms with Crippen molar-refractivity contribution in [3.8, 4) is 0 Å². The summed E-state index contributed by atoms with van der Waals surface area (Å²) in [5.41, 5.74) is 2.18. The van der Waals surface area contributed by atoms with Crippen LogP contribution >= 0.6 is 22.7 Å². The van der Waals surface area contributed by atoms with E-state index in [1.54, 1.807) is 22.7 Å². The second-order valence-electron chi connectivity index (χ2n) is 7.15. The van der Waals surface area contributed by atoms with Crippen molar-refractivity contribution in [1.82, 2.24) is 0 Å².